The van der Waals surface area contributed by atoms with Crippen molar-refractivity contribution in [2.24, 2.45) is 0 Å². The molecule has 3 aromatic heterocycles. The van der Waals surface area contributed by atoms with Crippen molar-refractivity contribution in [3.8, 4) is 73.8 Å². The zero-order chi connectivity index (χ0) is 43.3. The SMILES string of the molecule is CC(C)(C)c1ccc2c(c1)c1cc(C(C)(C)C)ccc1n2-c1ccc(-c2nc(-c3ccccc3)nc(-c3ccccc3)n2)cc1-c1nc(-c2ccccc2)cc(-c2ccccc2)n1. The van der Waals surface area contributed by atoms with E-state index in [1.54, 1.807) is 0 Å². The van der Waals surface area contributed by atoms with E-state index < -0.39 is 0 Å². The molecule has 306 valence electrons. The van der Waals surface area contributed by atoms with Crippen molar-refractivity contribution < 1.29 is 0 Å². The predicted molar refractivity (Wildman–Crippen MR) is 260 cm³/mol. The van der Waals surface area contributed by atoms with Crippen LogP contribution in [0.3, 0.4) is 0 Å². The summed E-state index contributed by atoms with van der Waals surface area (Å²) in [6, 6.07) is 63.3. The lowest BCUT2D eigenvalue weighted by Gasteiger charge is -2.19. The van der Waals surface area contributed by atoms with Crippen LogP contribution in [0.4, 0.5) is 0 Å². The van der Waals surface area contributed by atoms with Crippen LogP contribution in [0, 0.1) is 0 Å². The number of benzene rings is 7. The highest BCUT2D eigenvalue weighted by atomic mass is 15.0. The second kappa shape index (κ2) is 15.7. The molecule has 0 radical (unpaired) electrons. The number of rotatable bonds is 7. The molecule has 0 N–H and O–H groups in total. The molecule has 0 saturated carbocycles. The largest absolute Gasteiger partial charge is 0.309 e. The molecule has 0 amide bonds. The molecule has 0 unspecified atom stereocenters. The summed E-state index contributed by atoms with van der Waals surface area (Å²) in [6.45, 7) is 13.7. The summed E-state index contributed by atoms with van der Waals surface area (Å²) in [5.41, 5.74) is 12.9. The van der Waals surface area contributed by atoms with Crippen LogP contribution in [0.15, 0.2) is 182 Å². The Labute approximate surface area is 369 Å². The molecule has 7 aromatic carbocycles. The van der Waals surface area contributed by atoms with Crippen molar-refractivity contribution in [3.63, 3.8) is 0 Å². The maximum Gasteiger partial charge on any atom is 0.164 e. The van der Waals surface area contributed by atoms with Crippen molar-refractivity contribution in [2.45, 2.75) is 52.4 Å². The molecule has 0 fully saturated rings. The van der Waals surface area contributed by atoms with Gasteiger partial charge in [0.2, 0.25) is 0 Å². The Morgan fingerprint density at radius 2 is 0.730 bits per heavy atom. The van der Waals surface area contributed by atoms with Crippen LogP contribution in [0.1, 0.15) is 52.7 Å². The summed E-state index contributed by atoms with van der Waals surface area (Å²) >= 11 is 0. The molecular formula is C57H48N6. The first-order valence-corrected chi connectivity index (χ1v) is 21.6. The monoisotopic (exact) mass is 816 g/mol. The third-order valence-electron chi connectivity index (χ3n) is 11.8. The molecule has 10 rings (SSSR count). The molecule has 0 aliphatic rings. The van der Waals surface area contributed by atoms with Gasteiger partial charge in [-0.15, -0.1) is 0 Å². The fourth-order valence-corrected chi connectivity index (χ4v) is 8.28. The van der Waals surface area contributed by atoms with Gasteiger partial charge in [-0.05, 0) is 70.5 Å². The quantitative estimate of drug-likeness (QED) is 0.160. The predicted octanol–water partition coefficient (Wildman–Crippen LogP) is 14.4. The first kappa shape index (κ1) is 39.6. The van der Waals surface area contributed by atoms with Gasteiger partial charge in [-0.25, -0.2) is 24.9 Å². The summed E-state index contributed by atoms with van der Waals surface area (Å²) in [6.07, 6.45) is 0. The van der Waals surface area contributed by atoms with E-state index in [9.17, 15) is 0 Å². The lowest BCUT2D eigenvalue weighted by atomic mass is 9.85. The normalized spacial score (nSPS) is 12.0. The summed E-state index contributed by atoms with van der Waals surface area (Å²) in [7, 11) is 0. The lowest BCUT2D eigenvalue weighted by molar-refractivity contribution is 0.590. The van der Waals surface area contributed by atoms with Crippen LogP contribution in [0.25, 0.3) is 95.6 Å². The lowest BCUT2D eigenvalue weighted by Crippen LogP contribution is -2.10. The van der Waals surface area contributed by atoms with Crippen molar-refractivity contribution >= 4 is 21.8 Å². The Bertz CT molecular complexity index is 3080. The molecule has 0 spiro atoms. The zero-order valence-electron chi connectivity index (χ0n) is 36.5. The Balaban J connectivity index is 1.29. The van der Waals surface area contributed by atoms with E-state index in [0.29, 0.717) is 23.3 Å². The second-order valence-electron chi connectivity index (χ2n) is 18.3. The van der Waals surface area contributed by atoms with Crippen molar-refractivity contribution in [2.75, 3.05) is 0 Å². The first-order chi connectivity index (χ1) is 30.5. The van der Waals surface area contributed by atoms with Crippen molar-refractivity contribution in [1.82, 2.24) is 29.5 Å². The molecule has 0 saturated heterocycles. The minimum Gasteiger partial charge on any atom is -0.309 e. The van der Waals surface area contributed by atoms with E-state index in [1.807, 2.05) is 72.8 Å². The minimum absolute atomic E-state index is 0.0294. The van der Waals surface area contributed by atoms with Crippen LogP contribution in [-0.4, -0.2) is 29.5 Å². The van der Waals surface area contributed by atoms with Crippen LogP contribution >= 0.6 is 0 Å². The Morgan fingerprint density at radius 1 is 0.333 bits per heavy atom. The average molecular weight is 817 g/mol. The van der Waals surface area contributed by atoms with E-state index in [1.165, 1.54) is 21.9 Å². The van der Waals surface area contributed by atoms with Gasteiger partial charge in [0, 0.05) is 44.2 Å². The number of hydrogen-bond donors (Lipinski definition) is 0. The van der Waals surface area contributed by atoms with Crippen LogP contribution in [-0.2, 0) is 10.8 Å². The third-order valence-corrected chi connectivity index (χ3v) is 11.8. The van der Waals surface area contributed by atoms with Gasteiger partial charge < -0.3 is 4.57 Å². The van der Waals surface area contributed by atoms with E-state index >= 15 is 0 Å². The standard InChI is InChI=1S/C57H48N6/c1-56(2,3)42-28-31-49-44(34-42)45-35-43(57(4,5)6)29-32-50(45)63(49)51-30-27-41(54-61-52(39-23-15-9-16-24-39)60-53(62-54)40-25-17-10-18-26-40)33-46(51)55-58-47(37-19-11-7-12-20-37)36-48(59-55)38-21-13-8-14-22-38/h7-36H,1-6H3. The minimum atomic E-state index is -0.0294. The van der Waals surface area contributed by atoms with Crippen molar-refractivity contribution in [3.05, 3.63) is 193 Å². The smallest absolute Gasteiger partial charge is 0.164 e. The summed E-state index contributed by atoms with van der Waals surface area (Å²) < 4.78 is 2.39. The Hall–Kier alpha value is -7.57. The molecule has 6 heteroatoms. The molecule has 0 bridgehead atoms. The van der Waals surface area contributed by atoms with E-state index in [-0.39, 0.29) is 10.8 Å². The number of aromatic nitrogens is 6. The molecular weight excluding hydrogens is 769 g/mol. The molecule has 6 nitrogen and oxygen atoms in total. The topological polar surface area (TPSA) is 69.4 Å². The fraction of sp³-hybridized carbons (Fsp3) is 0.140. The van der Waals surface area contributed by atoms with Gasteiger partial charge in [-0.1, -0.05) is 175 Å². The van der Waals surface area contributed by atoms with Gasteiger partial charge in [0.1, 0.15) is 0 Å². The van der Waals surface area contributed by atoms with Gasteiger partial charge in [0.15, 0.2) is 23.3 Å². The molecule has 3 heterocycles. The van der Waals surface area contributed by atoms with Crippen molar-refractivity contribution in [1.29, 1.82) is 0 Å². The van der Waals surface area contributed by atoms with Gasteiger partial charge in [-0.2, -0.15) is 0 Å². The van der Waals surface area contributed by atoms with E-state index in [4.69, 9.17) is 24.9 Å². The van der Waals surface area contributed by atoms with Crippen LogP contribution in [0.5, 0.6) is 0 Å². The summed E-state index contributed by atoms with van der Waals surface area (Å²) in [5.74, 6) is 2.36. The average Bonchev–Trinajstić information content (AvgIpc) is 3.64. The number of nitrogens with zero attached hydrogens (tertiary/aromatic N) is 6. The maximum atomic E-state index is 5.41. The van der Waals surface area contributed by atoms with E-state index in [0.717, 1.165) is 61.5 Å². The number of fused-ring (bicyclic) bond motifs is 3. The summed E-state index contributed by atoms with van der Waals surface area (Å²) in [5, 5.41) is 2.42. The van der Waals surface area contributed by atoms with Gasteiger partial charge >= 0.3 is 0 Å². The van der Waals surface area contributed by atoms with Crippen LogP contribution < -0.4 is 0 Å². The third kappa shape index (κ3) is 7.70. The summed E-state index contributed by atoms with van der Waals surface area (Å²) in [4.78, 5) is 26.1. The molecule has 0 aliphatic carbocycles. The highest BCUT2D eigenvalue weighted by Gasteiger charge is 2.24. The highest BCUT2D eigenvalue weighted by Crippen LogP contribution is 2.41. The molecule has 0 atom stereocenters. The molecule has 10 aromatic rings. The maximum absolute atomic E-state index is 5.41. The van der Waals surface area contributed by atoms with E-state index in [2.05, 4.69) is 155 Å². The first-order valence-electron chi connectivity index (χ1n) is 21.6. The second-order valence-corrected chi connectivity index (χ2v) is 18.3. The highest BCUT2D eigenvalue weighted by molar-refractivity contribution is 6.10. The van der Waals surface area contributed by atoms with Gasteiger partial charge in [0.05, 0.1) is 28.1 Å². The van der Waals surface area contributed by atoms with Crippen LogP contribution in [0.2, 0.25) is 0 Å². The Morgan fingerprint density at radius 3 is 1.14 bits per heavy atom. The molecule has 0 aliphatic heterocycles. The number of hydrogen-bond acceptors (Lipinski definition) is 5. The fourth-order valence-electron chi connectivity index (χ4n) is 8.28. The molecule has 63 heavy (non-hydrogen) atoms. The zero-order valence-corrected chi connectivity index (χ0v) is 36.5. The Kier molecular flexibility index (Phi) is 9.87. The van der Waals surface area contributed by atoms with Gasteiger partial charge in [-0.3, -0.25) is 0 Å². The van der Waals surface area contributed by atoms with Gasteiger partial charge in [0.25, 0.3) is 0 Å².